The molecule has 1 fully saturated rings. The summed E-state index contributed by atoms with van der Waals surface area (Å²) in [6.07, 6.45) is 1.97. The highest BCUT2D eigenvalue weighted by molar-refractivity contribution is 7.92. The lowest BCUT2D eigenvalue weighted by Gasteiger charge is -2.10. The fourth-order valence-electron chi connectivity index (χ4n) is 2.16. The van der Waals surface area contributed by atoms with Gasteiger partial charge in [-0.05, 0) is 49.2 Å². The number of carbonyl (C=O) groups is 1. The fraction of sp³-hybridized carbons (Fsp3) is 0.176. The summed E-state index contributed by atoms with van der Waals surface area (Å²) in [4.78, 5) is 11.9. The van der Waals surface area contributed by atoms with Gasteiger partial charge in [0, 0.05) is 11.6 Å². The largest absolute Gasteiger partial charge is 0.349 e. The van der Waals surface area contributed by atoms with E-state index >= 15 is 0 Å². The standard InChI is InChI=1S/C17H15N3O3S/c18-11-13-3-1-2-4-16(13)20-24(22,23)15-9-5-12(6-10-15)17(21)19-14-7-8-14/h1-6,9-10,14,20H,7-8H2,(H,19,21). The van der Waals surface area contributed by atoms with Crippen molar-refractivity contribution in [2.45, 2.75) is 23.8 Å². The van der Waals surface area contributed by atoms with Crippen LogP contribution in [0.5, 0.6) is 0 Å². The van der Waals surface area contributed by atoms with Crippen molar-refractivity contribution in [3.05, 3.63) is 59.7 Å². The lowest BCUT2D eigenvalue weighted by Crippen LogP contribution is -2.25. The van der Waals surface area contributed by atoms with E-state index in [4.69, 9.17) is 5.26 Å². The zero-order chi connectivity index (χ0) is 17.2. The van der Waals surface area contributed by atoms with E-state index in [2.05, 4.69) is 10.0 Å². The highest BCUT2D eigenvalue weighted by Gasteiger charge is 2.24. The Morgan fingerprint density at radius 3 is 2.38 bits per heavy atom. The van der Waals surface area contributed by atoms with Gasteiger partial charge >= 0.3 is 0 Å². The third-order valence-corrected chi connectivity index (χ3v) is 5.01. The Kier molecular flexibility index (Phi) is 4.23. The van der Waals surface area contributed by atoms with Crippen LogP contribution >= 0.6 is 0 Å². The highest BCUT2D eigenvalue weighted by atomic mass is 32.2. The molecule has 1 amide bonds. The van der Waals surface area contributed by atoms with E-state index in [1.165, 1.54) is 36.4 Å². The van der Waals surface area contributed by atoms with Crippen molar-refractivity contribution in [1.82, 2.24) is 5.32 Å². The van der Waals surface area contributed by atoms with Crippen molar-refractivity contribution < 1.29 is 13.2 Å². The first-order valence-electron chi connectivity index (χ1n) is 7.42. The number of carbonyl (C=O) groups excluding carboxylic acids is 1. The minimum absolute atomic E-state index is 0.0261. The molecule has 0 saturated heterocycles. The van der Waals surface area contributed by atoms with E-state index in [1.54, 1.807) is 12.1 Å². The van der Waals surface area contributed by atoms with Crippen molar-refractivity contribution >= 4 is 21.6 Å². The number of anilines is 1. The Morgan fingerprint density at radius 2 is 1.75 bits per heavy atom. The van der Waals surface area contributed by atoms with Gasteiger partial charge in [-0.1, -0.05) is 12.1 Å². The lowest BCUT2D eigenvalue weighted by molar-refractivity contribution is 0.0951. The number of sulfonamides is 1. The van der Waals surface area contributed by atoms with Gasteiger partial charge in [0.15, 0.2) is 0 Å². The van der Waals surface area contributed by atoms with Crippen molar-refractivity contribution in [3.63, 3.8) is 0 Å². The van der Waals surface area contributed by atoms with E-state index < -0.39 is 10.0 Å². The van der Waals surface area contributed by atoms with Crippen LogP contribution in [0.2, 0.25) is 0 Å². The summed E-state index contributed by atoms with van der Waals surface area (Å²) in [5.74, 6) is -0.204. The maximum Gasteiger partial charge on any atom is 0.261 e. The van der Waals surface area contributed by atoms with Gasteiger partial charge in [-0.3, -0.25) is 9.52 Å². The maximum atomic E-state index is 12.4. The summed E-state index contributed by atoms with van der Waals surface area (Å²) in [6, 6.07) is 14.2. The number of benzene rings is 2. The zero-order valence-electron chi connectivity index (χ0n) is 12.7. The Labute approximate surface area is 140 Å². The number of nitriles is 1. The van der Waals surface area contributed by atoms with Crippen molar-refractivity contribution in [2.24, 2.45) is 0 Å². The van der Waals surface area contributed by atoms with E-state index in [9.17, 15) is 13.2 Å². The normalized spacial score (nSPS) is 13.8. The molecule has 0 atom stereocenters. The SMILES string of the molecule is N#Cc1ccccc1NS(=O)(=O)c1ccc(C(=O)NC2CC2)cc1. The van der Waals surface area contributed by atoms with E-state index in [-0.39, 0.29) is 28.1 Å². The second kappa shape index (κ2) is 6.34. The Balaban J connectivity index is 1.79. The van der Waals surface area contributed by atoms with Gasteiger partial charge in [0.1, 0.15) is 6.07 Å². The average molecular weight is 341 g/mol. The van der Waals surface area contributed by atoms with Crippen LogP contribution in [0.1, 0.15) is 28.8 Å². The van der Waals surface area contributed by atoms with Crippen molar-refractivity contribution in [1.29, 1.82) is 5.26 Å². The minimum atomic E-state index is -3.83. The molecule has 7 heteroatoms. The number of nitrogens with zero attached hydrogens (tertiary/aromatic N) is 1. The van der Waals surface area contributed by atoms with E-state index in [1.807, 2.05) is 6.07 Å². The molecule has 6 nitrogen and oxygen atoms in total. The molecule has 0 aliphatic heterocycles. The molecule has 0 radical (unpaired) electrons. The molecule has 122 valence electrons. The quantitative estimate of drug-likeness (QED) is 0.871. The molecule has 2 aromatic carbocycles. The van der Waals surface area contributed by atoms with Gasteiger partial charge in [-0.2, -0.15) is 5.26 Å². The maximum absolute atomic E-state index is 12.4. The van der Waals surface area contributed by atoms with Crippen molar-refractivity contribution in [3.8, 4) is 6.07 Å². The first-order chi connectivity index (χ1) is 11.5. The van der Waals surface area contributed by atoms with Crippen molar-refractivity contribution in [2.75, 3.05) is 4.72 Å². The summed E-state index contributed by atoms with van der Waals surface area (Å²) in [5.41, 5.74) is 0.871. The summed E-state index contributed by atoms with van der Waals surface area (Å²) in [7, 11) is -3.83. The van der Waals surface area contributed by atoms with Crippen LogP contribution in [-0.4, -0.2) is 20.4 Å². The summed E-state index contributed by atoms with van der Waals surface area (Å²) in [5, 5.41) is 11.9. The molecule has 0 spiro atoms. The van der Waals surface area contributed by atoms with Crippen LogP contribution in [0.4, 0.5) is 5.69 Å². The first kappa shape index (κ1) is 16.0. The van der Waals surface area contributed by atoms with Gasteiger partial charge in [0.25, 0.3) is 15.9 Å². The van der Waals surface area contributed by atoms with Crippen LogP contribution in [0.15, 0.2) is 53.4 Å². The van der Waals surface area contributed by atoms with Crippen LogP contribution in [0.25, 0.3) is 0 Å². The van der Waals surface area contributed by atoms with E-state index in [0.717, 1.165) is 12.8 Å². The molecule has 1 aliphatic rings. The third-order valence-electron chi connectivity index (χ3n) is 3.63. The van der Waals surface area contributed by atoms with Gasteiger partial charge in [0.2, 0.25) is 0 Å². The second-order valence-electron chi connectivity index (χ2n) is 5.53. The molecule has 2 aromatic rings. The molecule has 1 aliphatic carbocycles. The van der Waals surface area contributed by atoms with Crippen LogP contribution in [0, 0.1) is 11.3 Å². The molecule has 0 heterocycles. The van der Waals surface area contributed by atoms with Crippen LogP contribution in [0.3, 0.4) is 0 Å². The predicted octanol–water partition coefficient (Wildman–Crippen LogP) is 2.25. The monoisotopic (exact) mass is 341 g/mol. The number of hydrogen-bond acceptors (Lipinski definition) is 4. The molecular formula is C17H15N3O3S. The summed E-state index contributed by atoms with van der Waals surface area (Å²) < 4.78 is 27.2. The Bertz CT molecular complexity index is 911. The van der Waals surface area contributed by atoms with Gasteiger partial charge in [-0.15, -0.1) is 0 Å². The van der Waals surface area contributed by atoms with Crippen LogP contribution in [-0.2, 0) is 10.0 Å². The molecule has 2 N–H and O–H groups in total. The average Bonchev–Trinajstić information content (AvgIpc) is 3.39. The first-order valence-corrected chi connectivity index (χ1v) is 8.91. The van der Waals surface area contributed by atoms with Crippen LogP contribution < -0.4 is 10.0 Å². The Hall–Kier alpha value is -2.85. The number of amides is 1. The fourth-order valence-corrected chi connectivity index (χ4v) is 3.23. The second-order valence-corrected chi connectivity index (χ2v) is 7.22. The number of hydrogen-bond donors (Lipinski definition) is 2. The minimum Gasteiger partial charge on any atom is -0.349 e. The molecule has 3 rings (SSSR count). The molecule has 1 saturated carbocycles. The summed E-state index contributed by atoms with van der Waals surface area (Å²) in [6.45, 7) is 0. The zero-order valence-corrected chi connectivity index (χ0v) is 13.5. The highest BCUT2D eigenvalue weighted by Crippen LogP contribution is 2.21. The number of nitrogens with one attached hydrogen (secondary N) is 2. The lowest BCUT2D eigenvalue weighted by atomic mass is 10.2. The molecule has 0 unspecified atom stereocenters. The Morgan fingerprint density at radius 1 is 1.08 bits per heavy atom. The molecule has 0 aromatic heterocycles. The van der Waals surface area contributed by atoms with E-state index in [0.29, 0.717) is 5.56 Å². The third kappa shape index (κ3) is 3.55. The number of para-hydroxylation sites is 1. The molecule has 24 heavy (non-hydrogen) atoms. The number of rotatable bonds is 5. The summed E-state index contributed by atoms with van der Waals surface area (Å²) >= 11 is 0. The predicted molar refractivity (Wildman–Crippen MR) is 88.9 cm³/mol. The van der Waals surface area contributed by atoms with Gasteiger partial charge < -0.3 is 5.32 Å². The smallest absolute Gasteiger partial charge is 0.261 e. The molecule has 0 bridgehead atoms. The van der Waals surface area contributed by atoms with Gasteiger partial charge in [-0.25, -0.2) is 8.42 Å². The van der Waals surface area contributed by atoms with Gasteiger partial charge in [0.05, 0.1) is 16.1 Å². The molecular weight excluding hydrogens is 326 g/mol. The topological polar surface area (TPSA) is 99.1 Å².